The van der Waals surface area contributed by atoms with E-state index in [1.807, 2.05) is 0 Å². The van der Waals surface area contributed by atoms with Crippen LogP contribution >= 0.6 is 11.6 Å². The van der Waals surface area contributed by atoms with E-state index < -0.39 is 11.9 Å². The zero-order valence-electron chi connectivity index (χ0n) is 11.1. The number of benzene rings is 1. The molecule has 0 spiro atoms. The molecule has 0 aliphatic carbocycles. The van der Waals surface area contributed by atoms with Gasteiger partial charge < -0.3 is 18.9 Å². The highest BCUT2D eigenvalue weighted by Gasteiger charge is 2.15. The number of halogens is 1. The first-order valence-electron chi connectivity index (χ1n) is 5.68. The van der Waals surface area contributed by atoms with E-state index in [1.165, 1.54) is 14.2 Å². The van der Waals surface area contributed by atoms with Crippen LogP contribution in [0.4, 0.5) is 0 Å². The lowest BCUT2D eigenvalue weighted by Crippen LogP contribution is -2.12. The van der Waals surface area contributed by atoms with Crippen molar-refractivity contribution in [2.45, 2.75) is 11.9 Å². The Bertz CT molecular complexity index is 446. The monoisotopic (exact) mass is 302 g/mol. The molecule has 0 aliphatic heterocycles. The van der Waals surface area contributed by atoms with E-state index in [2.05, 4.69) is 0 Å². The molecule has 0 saturated heterocycles. The van der Waals surface area contributed by atoms with Crippen molar-refractivity contribution in [1.29, 1.82) is 0 Å². The molecule has 0 aliphatic rings. The molecule has 0 radical (unpaired) electrons. The summed E-state index contributed by atoms with van der Waals surface area (Å²) in [6.45, 7) is -0.154. The lowest BCUT2D eigenvalue weighted by molar-refractivity contribution is -0.111. The number of alkyl halides is 1. The second-order valence-electron chi connectivity index (χ2n) is 3.59. The van der Waals surface area contributed by atoms with Crippen LogP contribution < -0.4 is 9.47 Å². The minimum absolute atomic E-state index is 0.154. The first-order chi connectivity index (χ1) is 9.65. The summed E-state index contributed by atoms with van der Waals surface area (Å²) < 4.78 is 20.6. The number of methoxy groups -OCH3 is 2. The highest BCUT2D eigenvalue weighted by Crippen LogP contribution is 2.32. The van der Waals surface area contributed by atoms with E-state index >= 15 is 0 Å². The van der Waals surface area contributed by atoms with Crippen LogP contribution in [0, 0.1) is 0 Å². The molecule has 1 aromatic carbocycles. The molecular formula is C13H15ClO6. The van der Waals surface area contributed by atoms with Crippen LogP contribution in [-0.4, -0.2) is 39.0 Å². The molecule has 6 nitrogen and oxygen atoms in total. The Kier molecular flexibility index (Phi) is 7.00. The van der Waals surface area contributed by atoms with Gasteiger partial charge in [0.15, 0.2) is 30.4 Å². The Labute approximate surface area is 121 Å². The molecule has 1 unspecified atom stereocenters. The average molecular weight is 303 g/mol. The van der Waals surface area contributed by atoms with Crippen molar-refractivity contribution in [1.82, 2.24) is 0 Å². The maximum Gasteiger partial charge on any atom is 0.227 e. The van der Waals surface area contributed by atoms with Crippen molar-refractivity contribution in [3.8, 4) is 11.5 Å². The third-order valence-corrected chi connectivity index (χ3v) is 2.51. The second kappa shape index (κ2) is 8.52. The Morgan fingerprint density at radius 2 is 1.90 bits per heavy atom. The summed E-state index contributed by atoms with van der Waals surface area (Å²) in [7, 11) is 2.98. The predicted molar refractivity (Wildman–Crippen MR) is 71.1 cm³/mol. The summed E-state index contributed by atoms with van der Waals surface area (Å²) in [6.07, 6.45) is 0.449. The minimum Gasteiger partial charge on any atom is -0.482 e. The fraction of sp³-hybridized carbons (Fsp3) is 0.385. The van der Waals surface area contributed by atoms with Gasteiger partial charge in [0, 0.05) is 19.8 Å². The largest absolute Gasteiger partial charge is 0.482 e. The molecule has 1 atom stereocenters. The summed E-state index contributed by atoms with van der Waals surface area (Å²) >= 11 is 5.60. The van der Waals surface area contributed by atoms with E-state index in [0.717, 1.165) is 0 Å². The molecule has 0 heterocycles. The molecule has 0 fully saturated rings. The van der Waals surface area contributed by atoms with E-state index in [1.54, 1.807) is 18.2 Å². The number of hydrogen-bond donors (Lipinski definition) is 0. The van der Waals surface area contributed by atoms with Gasteiger partial charge in [-0.05, 0) is 12.1 Å². The average Bonchev–Trinajstić information content (AvgIpc) is 2.48. The summed E-state index contributed by atoms with van der Waals surface area (Å²) in [6, 6.07) is 4.82. The summed E-state index contributed by atoms with van der Waals surface area (Å²) in [5.41, 5.74) is -0.472. The lowest BCUT2D eigenvalue weighted by atomic mass is 10.2. The van der Waals surface area contributed by atoms with Crippen LogP contribution in [0.1, 0.15) is 11.9 Å². The number of rotatable bonds is 9. The van der Waals surface area contributed by atoms with Crippen LogP contribution in [-0.2, 0) is 19.1 Å². The summed E-state index contributed by atoms with van der Waals surface area (Å²) in [4.78, 5) is 20.9. The van der Waals surface area contributed by atoms with Crippen LogP contribution in [0.3, 0.4) is 0 Å². The van der Waals surface area contributed by atoms with Crippen molar-refractivity contribution < 1.29 is 28.5 Å². The van der Waals surface area contributed by atoms with Crippen molar-refractivity contribution in [2.75, 3.05) is 20.8 Å². The summed E-state index contributed by atoms with van der Waals surface area (Å²) in [5.74, 6) is 0.509. The van der Waals surface area contributed by atoms with E-state index in [9.17, 15) is 9.59 Å². The molecule has 20 heavy (non-hydrogen) atoms. The summed E-state index contributed by atoms with van der Waals surface area (Å²) in [5, 5.41) is 0. The highest BCUT2D eigenvalue weighted by atomic mass is 35.5. The highest BCUT2D eigenvalue weighted by molar-refractivity contribution is 6.26. The smallest absolute Gasteiger partial charge is 0.227 e. The lowest BCUT2D eigenvalue weighted by Gasteiger charge is -2.17. The van der Waals surface area contributed by atoms with Gasteiger partial charge in [-0.3, -0.25) is 9.59 Å². The fourth-order valence-corrected chi connectivity index (χ4v) is 1.62. The third-order valence-electron chi connectivity index (χ3n) is 2.32. The molecular weight excluding hydrogens is 288 g/mol. The molecule has 0 bridgehead atoms. The molecule has 0 amide bonds. The Morgan fingerprint density at radius 3 is 2.45 bits per heavy atom. The third kappa shape index (κ3) is 4.48. The number of ether oxygens (including phenoxy) is 4. The van der Waals surface area contributed by atoms with Gasteiger partial charge in [0.1, 0.15) is 6.61 Å². The molecule has 0 N–H and O–H groups in total. The van der Waals surface area contributed by atoms with Gasteiger partial charge in [-0.15, -0.1) is 0 Å². The molecule has 0 aromatic heterocycles. The second-order valence-corrected chi connectivity index (χ2v) is 4.02. The SMILES string of the molecule is COC(OC)c1ccc(OC(Cl)C=O)c(OCC=O)c1. The Hall–Kier alpha value is -1.63. The normalized spacial score (nSPS) is 12.0. The van der Waals surface area contributed by atoms with E-state index in [-0.39, 0.29) is 18.1 Å². The van der Waals surface area contributed by atoms with Crippen LogP contribution in [0.2, 0.25) is 0 Å². The van der Waals surface area contributed by atoms with Gasteiger partial charge in [-0.2, -0.15) is 0 Å². The molecule has 110 valence electrons. The zero-order valence-corrected chi connectivity index (χ0v) is 11.8. The maximum absolute atomic E-state index is 10.5. The first-order valence-corrected chi connectivity index (χ1v) is 6.11. The van der Waals surface area contributed by atoms with E-state index in [0.29, 0.717) is 18.1 Å². The van der Waals surface area contributed by atoms with Gasteiger partial charge in [0.05, 0.1) is 0 Å². The quantitative estimate of drug-likeness (QED) is 0.393. The van der Waals surface area contributed by atoms with Gasteiger partial charge in [0.2, 0.25) is 5.56 Å². The zero-order chi connectivity index (χ0) is 15.0. The molecule has 1 rings (SSSR count). The van der Waals surface area contributed by atoms with Gasteiger partial charge >= 0.3 is 0 Å². The standard InChI is InChI=1S/C13H15ClO6/c1-17-13(18-2)9-3-4-10(20-12(14)8-16)11(7-9)19-6-5-15/h3-5,7-8,12-13H,6H2,1-2H3. The number of carbonyl (C=O) groups excluding carboxylic acids is 2. The van der Waals surface area contributed by atoms with Gasteiger partial charge in [-0.1, -0.05) is 17.7 Å². The van der Waals surface area contributed by atoms with Crippen LogP contribution in [0.25, 0.3) is 0 Å². The van der Waals surface area contributed by atoms with E-state index in [4.69, 9.17) is 30.5 Å². The molecule has 0 saturated carbocycles. The number of aldehydes is 2. The Balaban J connectivity index is 3.04. The number of carbonyl (C=O) groups is 2. The van der Waals surface area contributed by atoms with Crippen molar-refractivity contribution in [3.05, 3.63) is 23.8 Å². The predicted octanol–water partition coefficient (Wildman–Crippen LogP) is 1.70. The topological polar surface area (TPSA) is 71.1 Å². The maximum atomic E-state index is 10.5. The molecule has 7 heteroatoms. The fourth-order valence-electron chi connectivity index (χ4n) is 1.52. The van der Waals surface area contributed by atoms with Crippen LogP contribution in [0.5, 0.6) is 11.5 Å². The molecule has 1 aromatic rings. The minimum atomic E-state index is -1.14. The van der Waals surface area contributed by atoms with Crippen molar-refractivity contribution in [2.24, 2.45) is 0 Å². The van der Waals surface area contributed by atoms with Crippen molar-refractivity contribution in [3.63, 3.8) is 0 Å². The van der Waals surface area contributed by atoms with Gasteiger partial charge in [0.25, 0.3) is 0 Å². The Morgan fingerprint density at radius 1 is 1.20 bits per heavy atom. The number of hydrogen-bond acceptors (Lipinski definition) is 6. The first kappa shape index (κ1) is 16.4. The van der Waals surface area contributed by atoms with Crippen LogP contribution in [0.15, 0.2) is 18.2 Å². The van der Waals surface area contributed by atoms with Gasteiger partial charge in [-0.25, -0.2) is 0 Å². The van der Waals surface area contributed by atoms with Crippen molar-refractivity contribution >= 4 is 24.2 Å².